The van der Waals surface area contributed by atoms with Crippen LogP contribution in [0.25, 0.3) is 0 Å². The Hall–Kier alpha value is -2.07. The van der Waals surface area contributed by atoms with Crippen molar-refractivity contribution in [1.82, 2.24) is 0 Å². The van der Waals surface area contributed by atoms with Gasteiger partial charge in [-0.25, -0.2) is 4.57 Å². The number of ether oxygens (including phenoxy) is 2. The fourth-order valence-electron chi connectivity index (χ4n) is 5.59. The van der Waals surface area contributed by atoms with Gasteiger partial charge < -0.3 is 25.2 Å². The van der Waals surface area contributed by atoms with E-state index in [4.69, 9.17) is 24.3 Å². The Balaban J connectivity index is 4.33. The number of rotatable bonds is 39. The quantitative estimate of drug-likeness (QED) is 0.0180. The predicted molar refractivity (Wildman–Crippen MR) is 221 cm³/mol. The molecule has 314 valence electrons. The molecule has 11 heteroatoms. The summed E-state index contributed by atoms with van der Waals surface area (Å²) in [6.45, 7) is 3.55. The van der Waals surface area contributed by atoms with Gasteiger partial charge >= 0.3 is 19.8 Å². The van der Waals surface area contributed by atoms with E-state index in [2.05, 4.69) is 19.9 Å². The molecule has 0 aliphatic rings. The van der Waals surface area contributed by atoms with E-state index in [-0.39, 0.29) is 32.6 Å². The highest BCUT2D eigenvalue weighted by Crippen LogP contribution is 2.43. The molecule has 0 bridgehead atoms. The molecule has 3 unspecified atom stereocenters. The highest BCUT2D eigenvalue weighted by molar-refractivity contribution is 7.47. The molecule has 0 aromatic rings. The van der Waals surface area contributed by atoms with Crippen molar-refractivity contribution < 1.29 is 42.7 Å². The van der Waals surface area contributed by atoms with Crippen molar-refractivity contribution in [3.63, 3.8) is 0 Å². The smallest absolute Gasteiger partial charge is 0.462 e. The number of aliphatic hydroxyl groups is 1. The molecule has 0 radical (unpaired) electrons. The third-order valence-corrected chi connectivity index (χ3v) is 9.78. The Morgan fingerprint density at radius 2 is 1.20 bits per heavy atom. The number of nitrogens with two attached hydrogens (primary N) is 1. The topological polar surface area (TPSA) is 155 Å². The first-order chi connectivity index (χ1) is 26.2. The number of carbonyl (C=O) groups is 2. The van der Waals surface area contributed by atoms with Gasteiger partial charge in [0.15, 0.2) is 6.10 Å². The summed E-state index contributed by atoms with van der Waals surface area (Å²) >= 11 is 0. The highest BCUT2D eigenvalue weighted by atomic mass is 31.2. The lowest BCUT2D eigenvalue weighted by atomic mass is 10.0. The second-order valence-corrected chi connectivity index (χ2v) is 15.5. The van der Waals surface area contributed by atoms with Gasteiger partial charge in [-0.05, 0) is 44.9 Å². The van der Waals surface area contributed by atoms with Crippen LogP contribution in [0.15, 0.2) is 48.6 Å². The molecule has 0 heterocycles. The van der Waals surface area contributed by atoms with Crippen LogP contribution in [0.5, 0.6) is 0 Å². The van der Waals surface area contributed by atoms with Crippen molar-refractivity contribution in [2.24, 2.45) is 5.73 Å². The van der Waals surface area contributed by atoms with E-state index in [1.165, 1.54) is 96.3 Å². The van der Waals surface area contributed by atoms with Gasteiger partial charge in [-0.15, -0.1) is 0 Å². The fourth-order valence-corrected chi connectivity index (χ4v) is 6.36. The Morgan fingerprint density at radius 1 is 0.648 bits per heavy atom. The molecule has 0 aliphatic carbocycles. The summed E-state index contributed by atoms with van der Waals surface area (Å²) in [5.74, 6) is -0.931. The minimum atomic E-state index is -4.40. The van der Waals surface area contributed by atoms with Crippen LogP contribution in [-0.4, -0.2) is 60.5 Å². The number of hydrogen-bond acceptors (Lipinski definition) is 9. The van der Waals surface area contributed by atoms with E-state index in [0.717, 1.165) is 32.1 Å². The average Bonchev–Trinajstić information content (AvgIpc) is 3.15. The van der Waals surface area contributed by atoms with E-state index in [0.29, 0.717) is 19.3 Å². The number of unbranched alkanes of at least 4 members (excludes halogenated alkanes) is 18. The zero-order valence-corrected chi connectivity index (χ0v) is 35.0. The highest BCUT2D eigenvalue weighted by Gasteiger charge is 2.25. The number of phosphoric acid groups is 1. The summed E-state index contributed by atoms with van der Waals surface area (Å²) in [4.78, 5) is 34.8. The summed E-state index contributed by atoms with van der Waals surface area (Å²) < 4.78 is 32.6. The number of allylic oxidation sites excluding steroid dienone is 6. The van der Waals surface area contributed by atoms with Gasteiger partial charge in [-0.3, -0.25) is 18.6 Å². The predicted octanol–water partition coefficient (Wildman–Crippen LogP) is 10.9. The van der Waals surface area contributed by atoms with E-state index in [1.807, 2.05) is 36.5 Å². The molecule has 4 N–H and O–H groups in total. The van der Waals surface area contributed by atoms with Gasteiger partial charge in [-0.2, -0.15) is 0 Å². The minimum absolute atomic E-state index is 0.0343. The summed E-state index contributed by atoms with van der Waals surface area (Å²) in [5, 5.41) is 10.0. The number of esters is 2. The van der Waals surface area contributed by atoms with Gasteiger partial charge in [-0.1, -0.05) is 165 Å². The molecule has 0 aliphatic heterocycles. The fraction of sp³-hybridized carbons (Fsp3) is 0.767. The molecule has 0 spiro atoms. The zero-order chi connectivity index (χ0) is 39.8. The van der Waals surface area contributed by atoms with Crippen LogP contribution in [0.2, 0.25) is 0 Å². The second kappa shape index (κ2) is 39.2. The third kappa shape index (κ3) is 38.2. The monoisotopic (exact) mass is 784 g/mol. The molecule has 0 aromatic carbocycles. The molecule has 3 atom stereocenters. The Labute approximate surface area is 329 Å². The molecule has 0 amide bonds. The lowest BCUT2D eigenvalue weighted by Crippen LogP contribution is -2.29. The number of carbonyl (C=O) groups excluding carboxylic acids is 2. The first-order valence-electron chi connectivity index (χ1n) is 21.2. The zero-order valence-electron chi connectivity index (χ0n) is 34.1. The summed E-state index contributed by atoms with van der Waals surface area (Å²) in [6.07, 6.45) is 40.3. The van der Waals surface area contributed by atoms with E-state index >= 15 is 0 Å². The maximum atomic E-state index is 12.5. The molecule has 0 saturated carbocycles. The second-order valence-electron chi connectivity index (χ2n) is 14.1. The van der Waals surface area contributed by atoms with Gasteiger partial charge in [0.2, 0.25) is 0 Å². The van der Waals surface area contributed by atoms with Crippen LogP contribution in [0.1, 0.15) is 174 Å². The summed E-state index contributed by atoms with van der Waals surface area (Å²) in [5.41, 5.74) is 5.33. The first-order valence-corrected chi connectivity index (χ1v) is 22.7. The normalized spacial score (nSPS) is 14.4. The average molecular weight is 784 g/mol. The molecule has 10 nitrogen and oxygen atoms in total. The lowest BCUT2D eigenvalue weighted by Gasteiger charge is -2.19. The van der Waals surface area contributed by atoms with Crippen molar-refractivity contribution in [3.8, 4) is 0 Å². The van der Waals surface area contributed by atoms with Gasteiger partial charge in [0.05, 0.1) is 19.3 Å². The number of hydrogen-bond donors (Lipinski definition) is 3. The molecule has 0 aromatic heterocycles. The van der Waals surface area contributed by atoms with Crippen LogP contribution in [0, 0.1) is 0 Å². The first kappa shape index (κ1) is 51.9. The van der Waals surface area contributed by atoms with Gasteiger partial charge in [0.25, 0.3) is 0 Å². The van der Waals surface area contributed by atoms with Crippen molar-refractivity contribution in [1.29, 1.82) is 0 Å². The summed E-state index contributed by atoms with van der Waals surface area (Å²) in [7, 11) is -4.40. The maximum absolute atomic E-state index is 12.5. The molecule has 0 fully saturated rings. The van der Waals surface area contributed by atoms with Crippen LogP contribution >= 0.6 is 7.82 Å². The van der Waals surface area contributed by atoms with Crippen molar-refractivity contribution >= 4 is 19.8 Å². The van der Waals surface area contributed by atoms with Crippen molar-refractivity contribution in [2.75, 3.05) is 26.4 Å². The molecule has 0 saturated heterocycles. The van der Waals surface area contributed by atoms with Gasteiger partial charge in [0, 0.05) is 19.4 Å². The standard InChI is InChI=1S/C43H78NO9P/c1-3-5-7-9-11-12-13-14-15-16-17-18-22-26-30-34-42(46)50-38-41(39-52-54(48,49)51-37-36-44)53-43(47)35-31-27-23-20-19-21-25-29-33-40(45)32-28-24-10-8-6-4-2/h20-21,23-25,28-29,33,40-41,45H,3-19,22,26-27,30-32,34-39,44H2,1-2H3,(H,48,49). The molecule has 54 heavy (non-hydrogen) atoms. The van der Waals surface area contributed by atoms with E-state index in [1.54, 1.807) is 6.08 Å². The van der Waals surface area contributed by atoms with Gasteiger partial charge in [0.1, 0.15) is 6.61 Å². The van der Waals surface area contributed by atoms with Crippen LogP contribution in [0.4, 0.5) is 0 Å². The molecular weight excluding hydrogens is 705 g/mol. The van der Waals surface area contributed by atoms with Crippen molar-refractivity contribution in [2.45, 2.75) is 187 Å². The molecular formula is C43H78NO9P. The Kier molecular flexibility index (Phi) is 37.7. The van der Waals surface area contributed by atoms with E-state index in [9.17, 15) is 24.2 Å². The Bertz CT molecular complexity index is 1050. The van der Waals surface area contributed by atoms with Crippen molar-refractivity contribution in [3.05, 3.63) is 48.6 Å². The van der Waals surface area contributed by atoms with E-state index < -0.39 is 38.6 Å². The third-order valence-electron chi connectivity index (χ3n) is 8.80. The van der Waals surface area contributed by atoms with Crippen LogP contribution < -0.4 is 5.73 Å². The SMILES string of the molecule is CCCCCC=CCC(O)C=CC=CCC=CCCCC(=O)OC(COC(=O)CCCCCCCCCCCCCCCCC)COP(=O)(O)OCCN. The minimum Gasteiger partial charge on any atom is -0.462 e. The lowest BCUT2D eigenvalue weighted by molar-refractivity contribution is -0.161. The summed E-state index contributed by atoms with van der Waals surface area (Å²) in [6, 6.07) is 0. The number of phosphoric ester groups is 1. The Morgan fingerprint density at radius 3 is 1.83 bits per heavy atom. The molecule has 0 rings (SSSR count). The van der Waals surface area contributed by atoms with Crippen LogP contribution in [-0.2, 0) is 32.7 Å². The van der Waals surface area contributed by atoms with Crippen LogP contribution in [0.3, 0.4) is 0 Å². The maximum Gasteiger partial charge on any atom is 0.472 e. The largest absolute Gasteiger partial charge is 0.472 e. The number of aliphatic hydroxyl groups excluding tert-OH is 1.